The molecule has 1 aromatic carbocycles. The molecule has 6 nitrogen and oxygen atoms in total. The summed E-state index contributed by atoms with van der Waals surface area (Å²) >= 11 is 0. The highest BCUT2D eigenvalue weighted by Gasteiger charge is 2.04. The van der Waals surface area contributed by atoms with Crippen LogP contribution in [-0.2, 0) is 11.3 Å². The molecule has 0 fully saturated rings. The molecular weight excluding hydrogens is 254 g/mol. The zero-order valence-electron chi connectivity index (χ0n) is 11.1. The van der Waals surface area contributed by atoms with E-state index in [2.05, 4.69) is 21.4 Å². The summed E-state index contributed by atoms with van der Waals surface area (Å²) < 4.78 is 5.26. The first kappa shape index (κ1) is 13.8. The van der Waals surface area contributed by atoms with E-state index < -0.39 is 0 Å². The minimum atomic E-state index is 0.314. The Bertz CT molecular complexity index is 636. The number of rotatable bonds is 5. The molecule has 2 aromatic rings. The Labute approximate surface area is 117 Å². The number of hydrogen-bond donors (Lipinski definition) is 2. The van der Waals surface area contributed by atoms with Gasteiger partial charge in [-0.05, 0) is 25.1 Å². The minimum absolute atomic E-state index is 0.314. The summed E-state index contributed by atoms with van der Waals surface area (Å²) in [5, 5.41) is 12.0. The number of anilines is 3. The normalized spacial score (nSPS) is 10.0. The van der Waals surface area contributed by atoms with E-state index in [4.69, 9.17) is 15.7 Å². The van der Waals surface area contributed by atoms with Crippen molar-refractivity contribution in [3.8, 4) is 6.07 Å². The number of nitrogens with zero attached hydrogens (tertiary/aromatic N) is 3. The summed E-state index contributed by atoms with van der Waals surface area (Å²) in [4.78, 5) is 8.41. The Morgan fingerprint density at radius 3 is 2.95 bits per heavy atom. The average molecular weight is 269 g/mol. The third kappa shape index (κ3) is 3.67. The van der Waals surface area contributed by atoms with Gasteiger partial charge in [0.15, 0.2) is 5.82 Å². The van der Waals surface area contributed by atoms with Gasteiger partial charge in [0, 0.05) is 18.4 Å². The molecule has 102 valence electrons. The van der Waals surface area contributed by atoms with Crippen molar-refractivity contribution in [3.05, 3.63) is 41.7 Å². The molecular formula is C14H15N5O. The lowest BCUT2D eigenvalue weighted by Crippen LogP contribution is -2.05. The highest BCUT2D eigenvalue weighted by molar-refractivity contribution is 5.60. The van der Waals surface area contributed by atoms with Gasteiger partial charge in [0.2, 0.25) is 0 Å². The van der Waals surface area contributed by atoms with E-state index in [1.165, 1.54) is 0 Å². The van der Waals surface area contributed by atoms with Crippen molar-refractivity contribution in [2.45, 2.75) is 13.5 Å². The largest absolute Gasteiger partial charge is 0.384 e. The molecule has 2 rings (SSSR count). The number of nitrogens with two attached hydrogens (primary N) is 1. The summed E-state index contributed by atoms with van der Waals surface area (Å²) in [6, 6.07) is 10.8. The lowest BCUT2D eigenvalue weighted by molar-refractivity contribution is 0.128. The number of ether oxygens (including phenoxy) is 1. The van der Waals surface area contributed by atoms with Gasteiger partial charge in [0.1, 0.15) is 18.2 Å². The van der Waals surface area contributed by atoms with Crippen LogP contribution in [0.1, 0.15) is 18.3 Å². The predicted octanol–water partition coefficient (Wildman–Crippen LogP) is 2.21. The third-order valence-corrected chi connectivity index (χ3v) is 2.49. The zero-order chi connectivity index (χ0) is 14.4. The van der Waals surface area contributed by atoms with Gasteiger partial charge in [-0.1, -0.05) is 6.07 Å². The second kappa shape index (κ2) is 6.50. The van der Waals surface area contributed by atoms with Crippen LogP contribution in [0.3, 0.4) is 0 Å². The van der Waals surface area contributed by atoms with E-state index in [1.54, 1.807) is 24.3 Å². The molecule has 6 heteroatoms. The molecule has 0 aliphatic heterocycles. The summed E-state index contributed by atoms with van der Waals surface area (Å²) in [5.41, 5.74) is 7.09. The van der Waals surface area contributed by atoms with Crippen LogP contribution >= 0.6 is 0 Å². The van der Waals surface area contributed by atoms with Crippen molar-refractivity contribution in [1.29, 1.82) is 5.26 Å². The van der Waals surface area contributed by atoms with Crippen molar-refractivity contribution in [2.24, 2.45) is 0 Å². The standard InChI is InChI=1S/C14H15N5O/c1-2-20-9-14-18-12(16)7-13(19-14)17-11-5-3-4-10(6-11)8-15/h3-7H,2,9H2,1H3,(H3,16,17,18,19). The van der Waals surface area contributed by atoms with Crippen LogP contribution in [0.4, 0.5) is 17.3 Å². The first-order valence-corrected chi connectivity index (χ1v) is 6.19. The topological polar surface area (TPSA) is 96.9 Å². The summed E-state index contributed by atoms with van der Waals surface area (Å²) in [6.07, 6.45) is 0. The Kier molecular flexibility index (Phi) is 4.47. The number of nitrogen functional groups attached to an aromatic ring is 1. The number of benzene rings is 1. The fraction of sp³-hybridized carbons (Fsp3) is 0.214. The van der Waals surface area contributed by atoms with Gasteiger partial charge in [0.25, 0.3) is 0 Å². The fourth-order valence-electron chi connectivity index (χ4n) is 1.65. The molecule has 0 spiro atoms. The molecule has 0 saturated carbocycles. The molecule has 3 N–H and O–H groups in total. The van der Waals surface area contributed by atoms with E-state index in [0.717, 1.165) is 5.69 Å². The van der Waals surface area contributed by atoms with Gasteiger partial charge >= 0.3 is 0 Å². The van der Waals surface area contributed by atoms with Crippen molar-refractivity contribution in [1.82, 2.24) is 9.97 Å². The van der Waals surface area contributed by atoms with Crippen LogP contribution in [-0.4, -0.2) is 16.6 Å². The highest BCUT2D eigenvalue weighted by Crippen LogP contribution is 2.17. The molecule has 0 unspecified atom stereocenters. The van der Waals surface area contributed by atoms with Gasteiger partial charge in [-0.2, -0.15) is 5.26 Å². The van der Waals surface area contributed by atoms with Gasteiger partial charge < -0.3 is 15.8 Å². The molecule has 1 heterocycles. The highest BCUT2D eigenvalue weighted by atomic mass is 16.5. The van der Waals surface area contributed by atoms with Gasteiger partial charge in [-0.25, -0.2) is 9.97 Å². The maximum Gasteiger partial charge on any atom is 0.158 e. The van der Waals surface area contributed by atoms with E-state index in [-0.39, 0.29) is 0 Å². The van der Waals surface area contributed by atoms with Crippen LogP contribution in [0.15, 0.2) is 30.3 Å². The van der Waals surface area contributed by atoms with Gasteiger partial charge in [-0.15, -0.1) is 0 Å². The number of nitriles is 1. The molecule has 0 bridgehead atoms. The van der Waals surface area contributed by atoms with E-state index in [1.807, 2.05) is 13.0 Å². The lowest BCUT2D eigenvalue weighted by Gasteiger charge is -2.08. The van der Waals surface area contributed by atoms with Gasteiger partial charge in [0.05, 0.1) is 11.6 Å². The van der Waals surface area contributed by atoms with Crippen molar-refractivity contribution in [3.63, 3.8) is 0 Å². The SMILES string of the molecule is CCOCc1nc(N)cc(Nc2cccc(C#N)c2)n1. The zero-order valence-corrected chi connectivity index (χ0v) is 11.1. The Balaban J connectivity index is 2.20. The Morgan fingerprint density at radius 1 is 1.35 bits per heavy atom. The molecule has 0 radical (unpaired) electrons. The molecule has 0 aliphatic carbocycles. The van der Waals surface area contributed by atoms with E-state index in [9.17, 15) is 0 Å². The van der Waals surface area contributed by atoms with Gasteiger partial charge in [-0.3, -0.25) is 0 Å². The van der Waals surface area contributed by atoms with E-state index in [0.29, 0.717) is 36.2 Å². The van der Waals surface area contributed by atoms with Crippen LogP contribution in [0, 0.1) is 11.3 Å². The van der Waals surface area contributed by atoms with Crippen LogP contribution in [0.2, 0.25) is 0 Å². The minimum Gasteiger partial charge on any atom is -0.384 e. The second-order valence-electron chi connectivity index (χ2n) is 4.05. The number of hydrogen-bond acceptors (Lipinski definition) is 6. The number of nitrogens with one attached hydrogen (secondary N) is 1. The lowest BCUT2D eigenvalue weighted by atomic mass is 10.2. The maximum atomic E-state index is 8.87. The monoisotopic (exact) mass is 269 g/mol. The second-order valence-corrected chi connectivity index (χ2v) is 4.05. The molecule has 0 aliphatic rings. The molecule has 0 amide bonds. The number of aromatic nitrogens is 2. The quantitative estimate of drug-likeness (QED) is 0.863. The summed E-state index contributed by atoms with van der Waals surface area (Å²) in [5.74, 6) is 1.46. The molecule has 0 atom stereocenters. The smallest absolute Gasteiger partial charge is 0.158 e. The molecule has 0 saturated heterocycles. The first-order valence-electron chi connectivity index (χ1n) is 6.19. The fourth-order valence-corrected chi connectivity index (χ4v) is 1.65. The van der Waals surface area contributed by atoms with E-state index >= 15 is 0 Å². The third-order valence-electron chi connectivity index (χ3n) is 2.49. The van der Waals surface area contributed by atoms with Crippen LogP contribution in [0.5, 0.6) is 0 Å². The predicted molar refractivity (Wildman–Crippen MR) is 76.2 cm³/mol. The van der Waals surface area contributed by atoms with Crippen LogP contribution in [0.25, 0.3) is 0 Å². The summed E-state index contributed by atoms with van der Waals surface area (Å²) in [7, 11) is 0. The van der Waals surface area contributed by atoms with Crippen molar-refractivity contribution in [2.75, 3.05) is 17.7 Å². The maximum absolute atomic E-state index is 8.87. The first-order chi connectivity index (χ1) is 9.71. The molecule has 20 heavy (non-hydrogen) atoms. The van der Waals surface area contributed by atoms with Crippen LogP contribution < -0.4 is 11.1 Å². The van der Waals surface area contributed by atoms with Crippen molar-refractivity contribution < 1.29 is 4.74 Å². The van der Waals surface area contributed by atoms with Crippen molar-refractivity contribution >= 4 is 17.3 Å². The molecule has 1 aromatic heterocycles. The Morgan fingerprint density at radius 2 is 2.20 bits per heavy atom. The summed E-state index contributed by atoms with van der Waals surface area (Å²) in [6.45, 7) is 2.80. The average Bonchev–Trinajstić information content (AvgIpc) is 2.44. The Hall–Kier alpha value is -2.65.